The lowest BCUT2D eigenvalue weighted by atomic mass is 9.98. The van der Waals surface area contributed by atoms with Crippen LogP contribution >= 0.6 is 0 Å². The molecule has 10 atom stereocenters. The van der Waals surface area contributed by atoms with Gasteiger partial charge in [-0.3, -0.25) is 9.59 Å². The Kier molecular flexibility index (Phi) is 12.6. The summed E-state index contributed by atoms with van der Waals surface area (Å²) in [6, 6.07) is 0. The molecular formula is C24H42O13. The predicted octanol–water partition coefficient (Wildman–Crippen LogP) is -1.42. The van der Waals surface area contributed by atoms with Crippen LogP contribution in [0.2, 0.25) is 0 Å². The fraction of sp³-hybridized carbons (Fsp3) is 0.917. The number of carbonyl (C=O) groups excluding carboxylic acids is 2. The van der Waals surface area contributed by atoms with Crippen LogP contribution in [0.1, 0.15) is 53.4 Å². The van der Waals surface area contributed by atoms with Gasteiger partial charge in [-0.25, -0.2) is 0 Å². The zero-order valence-electron chi connectivity index (χ0n) is 21.7. The number of hydrogen-bond acceptors (Lipinski definition) is 13. The first-order valence-corrected chi connectivity index (χ1v) is 12.9. The van der Waals surface area contributed by atoms with E-state index >= 15 is 0 Å². The molecule has 2 rings (SSSR count). The minimum absolute atomic E-state index is 0.349. The highest BCUT2D eigenvalue weighted by Crippen LogP contribution is 2.29. The zero-order valence-corrected chi connectivity index (χ0v) is 21.7. The topological polar surface area (TPSA) is 202 Å². The maximum Gasteiger partial charge on any atom is 0.309 e. The first-order valence-electron chi connectivity index (χ1n) is 12.9. The highest BCUT2D eigenvalue weighted by Gasteiger charge is 2.50. The fourth-order valence-corrected chi connectivity index (χ4v) is 4.27. The van der Waals surface area contributed by atoms with Gasteiger partial charge in [0.1, 0.15) is 62.0 Å². The molecule has 0 radical (unpaired) electrons. The van der Waals surface area contributed by atoms with Gasteiger partial charge < -0.3 is 54.3 Å². The summed E-state index contributed by atoms with van der Waals surface area (Å²) in [7, 11) is 0. The van der Waals surface area contributed by atoms with Gasteiger partial charge in [-0.05, 0) is 25.7 Å². The third kappa shape index (κ3) is 7.80. The van der Waals surface area contributed by atoms with E-state index in [9.17, 15) is 40.2 Å². The highest BCUT2D eigenvalue weighted by atomic mass is 16.8. The number of hydrogen-bond donors (Lipinski definition) is 6. The molecule has 13 nitrogen and oxygen atoms in total. The average molecular weight is 539 g/mol. The van der Waals surface area contributed by atoms with Crippen molar-refractivity contribution in [2.75, 3.05) is 13.2 Å². The summed E-state index contributed by atoms with van der Waals surface area (Å²) in [6.07, 6.45) is -14.1. The van der Waals surface area contributed by atoms with Crippen molar-refractivity contribution in [3.05, 3.63) is 0 Å². The van der Waals surface area contributed by atoms with Crippen molar-refractivity contribution in [2.24, 2.45) is 11.8 Å². The molecule has 0 aromatic rings. The van der Waals surface area contributed by atoms with E-state index in [1.54, 1.807) is 0 Å². The molecule has 2 fully saturated rings. The van der Waals surface area contributed by atoms with Crippen molar-refractivity contribution in [2.45, 2.75) is 115 Å². The van der Waals surface area contributed by atoms with Crippen molar-refractivity contribution in [3.63, 3.8) is 0 Å². The van der Waals surface area contributed by atoms with Crippen molar-refractivity contribution < 1.29 is 63.9 Å². The number of ether oxygens (including phenoxy) is 5. The Morgan fingerprint density at radius 3 is 1.22 bits per heavy atom. The van der Waals surface area contributed by atoms with Crippen molar-refractivity contribution in [3.8, 4) is 0 Å². The van der Waals surface area contributed by atoms with E-state index in [0.717, 1.165) is 0 Å². The molecule has 2 saturated heterocycles. The van der Waals surface area contributed by atoms with E-state index in [-0.39, 0.29) is 11.8 Å². The van der Waals surface area contributed by atoms with Crippen LogP contribution in [-0.2, 0) is 33.3 Å². The molecule has 4 unspecified atom stereocenters. The predicted molar refractivity (Wildman–Crippen MR) is 125 cm³/mol. The van der Waals surface area contributed by atoms with Crippen LogP contribution in [0.25, 0.3) is 0 Å². The Bertz CT molecular complexity index is 655. The summed E-state index contributed by atoms with van der Waals surface area (Å²) in [6.45, 7) is 6.42. The molecule has 0 aromatic carbocycles. The summed E-state index contributed by atoms with van der Waals surface area (Å²) < 4.78 is 26.9. The first-order chi connectivity index (χ1) is 17.5. The van der Waals surface area contributed by atoms with E-state index in [0.29, 0.717) is 25.7 Å². The Balaban J connectivity index is 2.06. The molecule has 0 amide bonds. The molecule has 2 aliphatic heterocycles. The minimum Gasteiger partial charge on any atom is -0.463 e. The van der Waals surface area contributed by atoms with Crippen LogP contribution in [0, 0.1) is 11.8 Å². The largest absolute Gasteiger partial charge is 0.463 e. The van der Waals surface area contributed by atoms with Gasteiger partial charge in [0.15, 0.2) is 12.6 Å². The van der Waals surface area contributed by atoms with Crippen LogP contribution in [0.15, 0.2) is 0 Å². The summed E-state index contributed by atoms with van der Waals surface area (Å²) in [5, 5.41) is 61.9. The average Bonchev–Trinajstić information content (AvgIpc) is 2.89. The van der Waals surface area contributed by atoms with Gasteiger partial charge >= 0.3 is 11.9 Å². The molecular weight excluding hydrogens is 496 g/mol. The molecule has 0 aliphatic carbocycles. The summed E-state index contributed by atoms with van der Waals surface area (Å²) in [5.41, 5.74) is 0. The number of rotatable bonds is 12. The molecule has 216 valence electrons. The molecule has 13 heteroatoms. The van der Waals surface area contributed by atoms with Crippen LogP contribution in [0.3, 0.4) is 0 Å². The smallest absolute Gasteiger partial charge is 0.309 e. The van der Waals surface area contributed by atoms with Gasteiger partial charge in [-0.15, -0.1) is 0 Å². The lowest BCUT2D eigenvalue weighted by Crippen LogP contribution is -2.64. The lowest BCUT2D eigenvalue weighted by Gasteiger charge is -2.44. The van der Waals surface area contributed by atoms with E-state index < -0.39 is 86.6 Å². The number of carbonyl (C=O) groups is 2. The monoisotopic (exact) mass is 538 g/mol. The molecule has 6 N–H and O–H groups in total. The summed E-state index contributed by atoms with van der Waals surface area (Å²) >= 11 is 0. The van der Waals surface area contributed by atoms with Gasteiger partial charge in [0.05, 0.1) is 11.8 Å². The lowest BCUT2D eigenvalue weighted by molar-refractivity contribution is -0.376. The summed E-state index contributed by atoms with van der Waals surface area (Å²) in [5.74, 6) is -1.71. The third-order valence-corrected chi connectivity index (χ3v) is 7.02. The van der Waals surface area contributed by atoms with Crippen LogP contribution < -0.4 is 0 Å². The van der Waals surface area contributed by atoms with Gasteiger partial charge in [0.25, 0.3) is 0 Å². The number of aliphatic hydroxyl groups excluding tert-OH is 6. The Hall–Kier alpha value is -1.42. The Morgan fingerprint density at radius 1 is 0.595 bits per heavy atom. The van der Waals surface area contributed by atoms with Crippen LogP contribution in [-0.4, -0.2) is 117 Å². The van der Waals surface area contributed by atoms with Gasteiger partial charge in [-0.1, -0.05) is 27.7 Å². The number of esters is 2. The molecule has 0 aromatic heterocycles. The number of aliphatic hydroxyl groups is 6. The van der Waals surface area contributed by atoms with Crippen molar-refractivity contribution in [1.82, 2.24) is 0 Å². The second-order valence-corrected chi connectivity index (χ2v) is 9.45. The maximum atomic E-state index is 12.2. The molecule has 37 heavy (non-hydrogen) atoms. The van der Waals surface area contributed by atoms with Gasteiger partial charge in [-0.2, -0.15) is 0 Å². The molecule has 0 bridgehead atoms. The van der Waals surface area contributed by atoms with E-state index in [4.69, 9.17) is 23.7 Å². The third-order valence-electron chi connectivity index (χ3n) is 7.02. The second kappa shape index (κ2) is 14.7. The van der Waals surface area contributed by atoms with Crippen molar-refractivity contribution >= 4 is 11.9 Å². The van der Waals surface area contributed by atoms with Gasteiger partial charge in [0, 0.05) is 0 Å². The zero-order chi connectivity index (χ0) is 27.9. The standard InChI is InChI=1S/C24H42O13/c1-5-11(6-2)21(31)33-9-13-15(25)17(27)19(29)23(35-13)37-24-20(30)18(28)16(26)14(36-24)10-34-22(32)12(7-3)8-4/h11-20,23-30H,5-10H2,1-4H3/t13?,14?,15-,16-,17+,18+,19+,20+,23?,24?/m1/s1. The van der Waals surface area contributed by atoms with Crippen molar-refractivity contribution in [1.29, 1.82) is 0 Å². The van der Waals surface area contributed by atoms with E-state index in [1.807, 2.05) is 27.7 Å². The molecule has 0 spiro atoms. The minimum atomic E-state index is -1.80. The molecule has 2 heterocycles. The molecule has 0 saturated carbocycles. The maximum absolute atomic E-state index is 12.2. The van der Waals surface area contributed by atoms with Crippen LogP contribution in [0.5, 0.6) is 0 Å². The SMILES string of the molecule is CCC(CC)C(=O)OCC1OC(OC2OC(COC(=O)C(CC)CC)[C@@H](O)[C@H](O)[C@@H]2O)[C@@H](O)[C@@H](O)[C@@H]1O. The summed E-state index contributed by atoms with van der Waals surface area (Å²) in [4.78, 5) is 24.4. The first kappa shape index (κ1) is 31.8. The van der Waals surface area contributed by atoms with Gasteiger partial charge in [0.2, 0.25) is 0 Å². The molecule has 2 aliphatic rings. The quantitative estimate of drug-likeness (QED) is 0.158. The van der Waals surface area contributed by atoms with E-state index in [2.05, 4.69) is 0 Å². The van der Waals surface area contributed by atoms with Crippen LogP contribution in [0.4, 0.5) is 0 Å². The fourth-order valence-electron chi connectivity index (χ4n) is 4.27. The Morgan fingerprint density at radius 2 is 0.919 bits per heavy atom. The second-order valence-electron chi connectivity index (χ2n) is 9.45. The normalized spacial score (nSPS) is 36.5. The highest BCUT2D eigenvalue weighted by molar-refractivity contribution is 5.72. The van der Waals surface area contributed by atoms with E-state index in [1.165, 1.54) is 0 Å². The Labute approximate surface area is 216 Å².